The lowest BCUT2D eigenvalue weighted by atomic mass is 10.2. The van der Waals surface area contributed by atoms with Gasteiger partial charge in [0.1, 0.15) is 6.54 Å². The second kappa shape index (κ2) is 6.97. The minimum atomic E-state index is -0.844. The summed E-state index contributed by atoms with van der Waals surface area (Å²) in [4.78, 5) is 12.6. The zero-order valence-electron chi connectivity index (χ0n) is 9.60. The second-order valence-electron chi connectivity index (χ2n) is 3.73. The molecule has 0 aliphatic carbocycles. The molecular weight excluding hydrogens is 238 g/mol. The molecule has 0 amide bonds. The maximum absolute atomic E-state index is 10.8. The third-order valence-corrected chi connectivity index (χ3v) is 2.57. The molecule has 0 aliphatic heterocycles. The Morgan fingerprint density at radius 3 is 2.88 bits per heavy atom. The summed E-state index contributed by atoms with van der Waals surface area (Å²) in [6.45, 7) is 4.31. The van der Waals surface area contributed by atoms with Gasteiger partial charge >= 0.3 is 5.97 Å². The highest BCUT2D eigenvalue weighted by atomic mass is 35.5. The van der Waals surface area contributed by atoms with E-state index in [1.54, 1.807) is 17.0 Å². The maximum Gasteiger partial charge on any atom is 0.323 e. The van der Waals surface area contributed by atoms with Crippen molar-refractivity contribution in [3.63, 3.8) is 0 Å². The summed E-state index contributed by atoms with van der Waals surface area (Å²) in [5.41, 5.74) is 0.837. The monoisotopic (exact) mass is 253 g/mol. The zero-order valence-corrected chi connectivity index (χ0v) is 10.4. The standard InChI is InChI=1S/C13H16ClNO2/c1-2-3-4-8-15(10-13(16)17)12-7-5-6-11(14)9-12/h2,5-7,9H,1,3-4,8,10H2,(H,16,17). The number of aliphatic carboxylic acids is 1. The van der Waals surface area contributed by atoms with Gasteiger partial charge in [0, 0.05) is 17.3 Å². The molecule has 1 aromatic carbocycles. The van der Waals surface area contributed by atoms with Gasteiger partial charge in [0.2, 0.25) is 0 Å². The van der Waals surface area contributed by atoms with Gasteiger partial charge in [-0.05, 0) is 31.0 Å². The molecular formula is C13H16ClNO2. The van der Waals surface area contributed by atoms with Crippen LogP contribution in [0, 0.1) is 0 Å². The molecule has 0 aromatic heterocycles. The molecule has 0 bridgehead atoms. The third-order valence-electron chi connectivity index (χ3n) is 2.34. The van der Waals surface area contributed by atoms with Crippen LogP contribution in [0.5, 0.6) is 0 Å². The van der Waals surface area contributed by atoms with Gasteiger partial charge in [0.05, 0.1) is 0 Å². The summed E-state index contributed by atoms with van der Waals surface area (Å²) in [7, 11) is 0. The van der Waals surface area contributed by atoms with Crippen molar-refractivity contribution in [3.05, 3.63) is 41.9 Å². The molecule has 0 radical (unpaired) electrons. The van der Waals surface area contributed by atoms with E-state index in [2.05, 4.69) is 6.58 Å². The van der Waals surface area contributed by atoms with Crippen molar-refractivity contribution < 1.29 is 9.90 Å². The first-order valence-electron chi connectivity index (χ1n) is 5.46. The smallest absolute Gasteiger partial charge is 0.323 e. The molecule has 0 saturated heterocycles. The average Bonchev–Trinajstić information content (AvgIpc) is 2.27. The summed E-state index contributed by atoms with van der Waals surface area (Å²) in [5.74, 6) is -0.844. The second-order valence-corrected chi connectivity index (χ2v) is 4.16. The highest BCUT2D eigenvalue weighted by Crippen LogP contribution is 2.19. The van der Waals surface area contributed by atoms with E-state index in [1.807, 2.05) is 18.2 Å². The van der Waals surface area contributed by atoms with Crippen LogP contribution in [0.15, 0.2) is 36.9 Å². The number of hydrogen-bond acceptors (Lipinski definition) is 2. The van der Waals surface area contributed by atoms with Gasteiger partial charge in [-0.2, -0.15) is 0 Å². The summed E-state index contributed by atoms with van der Waals surface area (Å²) in [5, 5.41) is 9.49. The van der Waals surface area contributed by atoms with Crippen molar-refractivity contribution in [1.82, 2.24) is 0 Å². The first kappa shape index (κ1) is 13.6. The number of carboxylic acids is 1. The van der Waals surface area contributed by atoms with Crippen LogP contribution < -0.4 is 4.90 Å². The van der Waals surface area contributed by atoms with E-state index in [-0.39, 0.29) is 6.54 Å². The van der Waals surface area contributed by atoms with Gasteiger partial charge in [0.25, 0.3) is 0 Å². The van der Waals surface area contributed by atoms with Crippen molar-refractivity contribution in [2.24, 2.45) is 0 Å². The van der Waals surface area contributed by atoms with Crippen LogP contribution in [0.3, 0.4) is 0 Å². The van der Waals surface area contributed by atoms with Crippen LogP contribution in [0.4, 0.5) is 5.69 Å². The summed E-state index contributed by atoms with van der Waals surface area (Å²) >= 11 is 5.90. The lowest BCUT2D eigenvalue weighted by Crippen LogP contribution is -2.30. The van der Waals surface area contributed by atoms with E-state index in [4.69, 9.17) is 16.7 Å². The highest BCUT2D eigenvalue weighted by molar-refractivity contribution is 6.30. The van der Waals surface area contributed by atoms with Gasteiger partial charge in [-0.1, -0.05) is 23.7 Å². The predicted molar refractivity (Wildman–Crippen MR) is 70.7 cm³/mol. The number of rotatable bonds is 7. The van der Waals surface area contributed by atoms with Crippen molar-refractivity contribution in [2.75, 3.05) is 18.0 Å². The van der Waals surface area contributed by atoms with Gasteiger partial charge in [0.15, 0.2) is 0 Å². The number of allylic oxidation sites excluding steroid dienone is 1. The fraction of sp³-hybridized carbons (Fsp3) is 0.308. The molecule has 0 atom stereocenters. The van der Waals surface area contributed by atoms with Crippen LogP contribution in [0.25, 0.3) is 0 Å². The quantitative estimate of drug-likeness (QED) is 0.599. The van der Waals surface area contributed by atoms with E-state index in [0.29, 0.717) is 11.6 Å². The topological polar surface area (TPSA) is 40.5 Å². The van der Waals surface area contributed by atoms with E-state index in [0.717, 1.165) is 18.5 Å². The molecule has 4 heteroatoms. The number of unbranched alkanes of at least 4 members (excludes halogenated alkanes) is 1. The van der Waals surface area contributed by atoms with Gasteiger partial charge in [-0.25, -0.2) is 0 Å². The van der Waals surface area contributed by atoms with Gasteiger partial charge in [-0.3, -0.25) is 4.79 Å². The number of benzene rings is 1. The van der Waals surface area contributed by atoms with E-state index < -0.39 is 5.97 Å². The molecule has 0 fully saturated rings. The van der Waals surface area contributed by atoms with Gasteiger partial charge < -0.3 is 10.0 Å². The molecule has 0 saturated carbocycles. The zero-order chi connectivity index (χ0) is 12.7. The minimum Gasteiger partial charge on any atom is -0.480 e. The van der Waals surface area contributed by atoms with Crippen LogP contribution in [-0.2, 0) is 4.79 Å². The Kier molecular flexibility index (Phi) is 5.57. The Labute approximate surface area is 106 Å². The molecule has 0 heterocycles. The van der Waals surface area contributed by atoms with Crippen LogP contribution >= 0.6 is 11.6 Å². The fourth-order valence-corrected chi connectivity index (χ4v) is 1.75. The number of halogens is 1. The lowest BCUT2D eigenvalue weighted by Gasteiger charge is -2.22. The Morgan fingerprint density at radius 1 is 1.53 bits per heavy atom. The van der Waals surface area contributed by atoms with Crippen molar-refractivity contribution in [3.8, 4) is 0 Å². The number of hydrogen-bond donors (Lipinski definition) is 1. The molecule has 1 N–H and O–H groups in total. The molecule has 0 unspecified atom stereocenters. The first-order valence-corrected chi connectivity index (χ1v) is 5.84. The molecule has 0 spiro atoms. The van der Waals surface area contributed by atoms with Gasteiger partial charge in [-0.15, -0.1) is 6.58 Å². The number of anilines is 1. The normalized spacial score (nSPS) is 9.94. The Morgan fingerprint density at radius 2 is 2.29 bits per heavy atom. The Bertz CT molecular complexity index is 393. The van der Waals surface area contributed by atoms with Crippen LogP contribution in [-0.4, -0.2) is 24.2 Å². The van der Waals surface area contributed by atoms with Crippen LogP contribution in [0.1, 0.15) is 12.8 Å². The van der Waals surface area contributed by atoms with Crippen LogP contribution in [0.2, 0.25) is 5.02 Å². The number of nitrogens with zero attached hydrogens (tertiary/aromatic N) is 1. The fourth-order valence-electron chi connectivity index (χ4n) is 1.56. The molecule has 0 aliphatic rings. The summed E-state index contributed by atoms with van der Waals surface area (Å²) in [6.07, 6.45) is 3.58. The summed E-state index contributed by atoms with van der Waals surface area (Å²) in [6, 6.07) is 7.23. The lowest BCUT2D eigenvalue weighted by molar-refractivity contribution is -0.135. The van der Waals surface area contributed by atoms with Crippen molar-refractivity contribution in [1.29, 1.82) is 0 Å². The average molecular weight is 254 g/mol. The molecule has 92 valence electrons. The molecule has 1 rings (SSSR count). The van der Waals surface area contributed by atoms with Crippen molar-refractivity contribution >= 4 is 23.3 Å². The summed E-state index contributed by atoms with van der Waals surface area (Å²) < 4.78 is 0. The van der Waals surface area contributed by atoms with E-state index in [1.165, 1.54) is 0 Å². The largest absolute Gasteiger partial charge is 0.480 e. The number of carboxylic acid groups (broad SMARTS) is 1. The maximum atomic E-state index is 10.8. The first-order chi connectivity index (χ1) is 8.13. The van der Waals surface area contributed by atoms with Crippen molar-refractivity contribution in [2.45, 2.75) is 12.8 Å². The Hall–Kier alpha value is -1.48. The Balaban J connectivity index is 2.74. The van der Waals surface area contributed by atoms with E-state index in [9.17, 15) is 4.79 Å². The third kappa shape index (κ3) is 4.91. The SMILES string of the molecule is C=CCCCN(CC(=O)O)c1cccc(Cl)c1. The number of carbonyl (C=O) groups is 1. The molecule has 3 nitrogen and oxygen atoms in total. The molecule has 1 aromatic rings. The minimum absolute atomic E-state index is 0.0164. The predicted octanol–water partition coefficient (Wildman–Crippen LogP) is 3.20. The van der Waals surface area contributed by atoms with E-state index >= 15 is 0 Å². The molecule has 17 heavy (non-hydrogen) atoms. The highest BCUT2D eigenvalue weighted by Gasteiger charge is 2.10.